The number of hydrogen-bond donors (Lipinski definition) is 1. The van der Waals surface area contributed by atoms with Gasteiger partial charge in [-0.25, -0.2) is 8.42 Å². The lowest BCUT2D eigenvalue weighted by Gasteiger charge is -2.29. The van der Waals surface area contributed by atoms with Crippen molar-refractivity contribution in [1.82, 2.24) is 4.31 Å². The minimum Gasteiger partial charge on any atom is -0.481 e. The van der Waals surface area contributed by atoms with Crippen molar-refractivity contribution in [3.8, 4) is 0 Å². The van der Waals surface area contributed by atoms with Gasteiger partial charge in [0.15, 0.2) is 0 Å². The normalized spacial score (nSPS) is 15.7. The molecule has 1 heterocycles. The molecule has 0 fully saturated rings. The maximum absolute atomic E-state index is 12.3. The van der Waals surface area contributed by atoms with Crippen molar-refractivity contribution in [1.29, 1.82) is 0 Å². The topological polar surface area (TPSA) is 74.7 Å². The fraction of sp³-hybridized carbons (Fsp3) is 0.500. The minimum absolute atomic E-state index is 0.130. The van der Waals surface area contributed by atoms with Crippen LogP contribution in [0.15, 0.2) is 12.1 Å². The number of rotatable bonds is 5. The van der Waals surface area contributed by atoms with Crippen molar-refractivity contribution < 1.29 is 18.3 Å². The van der Waals surface area contributed by atoms with Gasteiger partial charge in [0.2, 0.25) is 10.0 Å². The Balaban J connectivity index is 2.13. The first-order valence-corrected chi connectivity index (χ1v) is 8.76. The predicted molar refractivity (Wildman–Crippen MR) is 81.0 cm³/mol. The van der Waals surface area contributed by atoms with Gasteiger partial charge in [0, 0.05) is 24.5 Å². The number of hydrogen-bond acceptors (Lipinski definition) is 3. The molecule has 0 bridgehead atoms. The lowest BCUT2D eigenvalue weighted by Crippen LogP contribution is -2.37. The molecule has 21 heavy (non-hydrogen) atoms. The molecule has 0 aromatic heterocycles. The third-order valence-electron chi connectivity index (χ3n) is 3.78. The van der Waals surface area contributed by atoms with Gasteiger partial charge in [0.1, 0.15) is 0 Å². The number of carboxylic acid groups (broad SMARTS) is 1. The van der Waals surface area contributed by atoms with E-state index in [1.807, 2.05) is 19.1 Å². The number of benzene rings is 1. The number of sulfonamides is 1. The first kappa shape index (κ1) is 16.3. The Morgan fingerprint density at radius 2 is 2.14 bits per heavy atom. The van der Waals surface area contributed by atoms with Gasteiger partial charge in [-0.2, -0.15) is 4.31 Å². The standard InChI is InChI=1S/C14H18ClNO4S/c1-10-12-9-16(7-6-11(12)4-5-13(10)15)21(19,20)8-2-3-14(17)18/h4-5H,2-3,6-9H2,1H3,(H,17,18). The van der Waals surface area contributed by atoms with Gasteiger partial charge in [-0.3, -0.25) is 4.79 Å². The van der Waals surface area contributed by atoms with Gasteiger partial charge >= 0.3 is 5.97 Å². The number of aliphatic carboxylic acids is 1. The molecular formula is C14H18ClNO4S. The Hall–Kier alpha value is -1.11. The maximum Gasteiger partial charge on any atom is 0.303 e. The minimum atomic E-state index is -3.42. The van der Waals surface area contributed by atoms with Gasteiger partial charge in [0.05, 0.1) is 5.75 Å². The molecule has 0 atom stereocenters. The molecular weight excluding hydrogens is 314 g/mol. The highest BCUT2D eigenvalue weighted by molar-refractivity contribution is 7.89. The summed E-state index contributed by atoms with van der Waals surface area (Å²) in [6.07, 6.45) is 0.662. The molecule has 7 heteroatoms. The van der Waals surface area contributed by atoms with Crippen LogP contribution in [0.4, 0.5) is 0 Å². The van der Waals surface area contributed by atoms with Crippen molar-refractivity contribution in [2.24, 2.45) is 0 Å². The summed E-state index contributed by atoms with van der Waals surface area (Å²) in [7, 11) is -3.42. The van der Waals surface area contributed by atoms with Crippen LogP contribution in [-0.2, 0) is 27.8 Å². The summed E-state index contributed by atoms with van der Waals surface area (Å²) in [5, 5.41) is 9.23. The number of carboxylic acids is 1. The lowest BCUT2D eigenvalue weighted by molar-refractivity contribution is -0.137. The second-order valence-electron chi connectivity index (χ2n) is 5.21. The molecule has 1 aromatic carbocycles. The fourth-order valence-corrected chi connectivity index (χ4v) is 4.15. The summed E-state index contributed by atoms with van der Waals surface area (Å²) in [6, 6.07) is 3.78. The molecule has 1 N–H and O–H groups in total. The third kappa shape index (κ3) is 3.75. The quantitative estimate of drug-likeness (QED) is 0.897. The van der Waals surface area contributed by atoms with E-state index >= 15 is 0 Å². The van der Waals surface area contributed by atoms with Gasteiger partial charge in [-0.05, 0) is 42.5 Å². The summed E-state index contributed by atoms with van der Waals surface area (Å²) in [5.41, 5.74) is 3.02. The van der Waals surface area contributed by atoms with Gasteiger partial charge in [-0.15, -0.1) is 0 Å². The van der Waals surface area contributed by atoms with Crippen LogP contribution in [-0.4, -0.2) is 36.1 Å². The smallest absolute Gasteiger partial charge is 0.303 e. The van der Waals surface area contributed by atoms with Crippen LogP contribution in [0.5, 0.6) is 0 Å². The van der Waals surface area contributed by atoms with Gasteiger partial charge < -0.3 is 5.11 Å². The largest absolute Gasteiger partial charge is 0.481 e. The summed E-state index contributed by atoms with van der Waals surface area (Å²) < 4.78 is 26.0. The van der Waals surface area contributed by atoms with Crippen molar-refractivity contribution in [3.05, 3.63) is 33.8 Å². The molecule has 1 aliphatic rings. The Morgan fingerprint density at radius 1 is 1.43 bits per heavy atom. The van der Waals surface area contributed by atoms with E-state index in [-0.39, 0.29) is 18.6 Å². The van der Waals surface area contributed by atoms with Crippen LogP contribution < -0.4 is 0 Å². The SMILES string of the molecule is Cc1c(Cl)ccc2c1CN(S(=O)(=O)CCCC(=O)O)CC2. The number of fused-ring (bicyclic) bond motifs is 1. The van der Waals surface area contributed by atoms with Crippen LogP contribution in [0.3, 0.4) is 0 Å². The molecule has 0 aliphatic carbocycles. The van der Waals surface area contributed by atoms with E-state index in [1.54, 1.807) is 0 Å². The van der Waals surface area contributed by atoms with Crippen LogP contribution in [0.1, 0.15) is 29.5 Å². The Bertz CT molecular complexity index is 657. The fourth-order valence-electron chi connectivity index (χ4n) is 2.51. The van der Waals surface area contributed by atoms with E-state index < -0.39 is 16.0 Å². The zero-order chi connectivity index (χ0) is 15.6. The molecule has 0 saturated heterocycles. The molecule has 0 amide bonds. The van der Waals surface area contributed by atoms with E-state index in [0.29, 0.717) is 24.5 Å². The third-order valence-corrected chi connectivity index (χ3v) is 6.09. The van der Waals surface area contributed by atoms with Gasteiger partial charge in [0.25, 0.3) is 0 Å². The number of carbonyl (C=O) groups is 1. The molecule has 0 saturated carbocycles. The Morgan fingerprint density at radius 3 is 2.81 bits per heavy atom. The lowest BCUT2D eigenvalue weighted by atomic mass is 9.97. The van der Waals surface area contributed by atoms with Crippen LogP contribution in [0, 0.1) is 6.92 Å². The van der Waals surface area contributed by atoms with Crippen LogP contribution >= 0.6 is 11.6 Å². The molecule has 0 unspecified atom stereocenters. The summed E-state index contributed by atoms with van der Waals surface area (Å²) >= 11 is 6.09. The number of nitrogens with zero attached hydrogens (tertiary/aromatic N) is 1. The average Bonchev–Trinajstić information content (AvgIpc) is 2.42. The second-order valence-corrected chi connectivity index (χ2v) is 7.70. The average molecular weight is 332 g/mol. The highest BCUT2D eigenvalue weighted by Gasteiger charge is 2.27. The van der Waals surface area contributed by atoms with E-state index in [4.69, 9.17) is 16.7 Å². The molecule has 116 valence electrons. The Kier molecular flexibility index (Phi) is 4.91. The van der Waals surface area contributed by atoms with Gasteiger partial charge in [-0.1, -0.05) is 17.7 Å². The molecule has 2 rings (SSSR count). The number of halogens is 1. The zero-order valence-corrected chi connectivity index (χ0v) is 13.4. The van der Waals surface area contributed by atoms with Crippen molar-refractivity contribution in [2.75, 3.05) is 12.3 Å². The molecule has 0 spiro atoms. The first-order valence-electron chi connectivity index (χ1n) is 6.78. The molecule has 1 aromatic rings. The van der Waals surface area contributed by atoms with Crippen molar-refractivity contribution in [2.45, 2.75) is 32.7 Å². The highest BCUT2D eigenvalue weighted by Crippen LogP contribution is 2.29. The van der Waals surface area contributed by atoms with E-state index in [2.05, 4.69) is 0 Å². The van der Waals surface area contributed by atoms with Crippen LogP contribution in [0.25, 0.3) is 0 Å². The first-order chi connectivity index (χ1) is 9.81. The highest BCUT2D eigenvalue weighted by atomic mass is 35.5. The van der Waals surface area contributed by atoms with Crippen molar-refractivity contribution >= 4 is 27.6 Å². The van der Waals surface area contributed by atoms with E-state index in [1.165, 1.54) is 4.31 Å². The summed E-state index contributed by atoms with van der Waals surface area (Å²) in [5.74, 6) is -1.11. The van der Waals surface area contributed by atoms with Crippen LogP contribution in [0.2, 0.25) is 5.02 Å². The predicted octanol–water partition coefficient (Wildman–Crippen LogP) is 2.20. The molecule has 0 radical (unpaired) electrons. The maximum atomic E-state index is 12.3. The van der Waals surface area contributed by atoms with E-state index in [9.17, 15) is 13.2 Å². The van der Waals surface area contributed by atoms with Crippen molar-refractivity contribution in [3.63, 3.8) is 0 Å². The zero-order valence-electron chi connectivity index (χ0n) is 11.8. The second kappa shape index (κ2) is 6.34. The molecule has 1 aliphatic heterocycles. The molecule has 5 nitrogen and oxygen atoms in total. The monoisotopic (exact) mass is 331 g/mol. The Labute approximate surface area is 129 Å². The summed E-state index contributed by atoms with van der Waals surface area (Å²) in [4.78, 5) is 10.5. The van der Waals surface area contributed by atoms with E-state index in [0.717, 1.165) is 16.7 Å². The summed E-state index contributed by atoms with van der Waals surface area (Å²) in [6.45, 7) is 2.64.